The van der Waals surface area contributed by atoms with E-state index in [1.165, 1.54) is 0 Å². The summed E-state index contributed by atoms with van der Waals surface area (Å²) in [5.41, 5.74) is 2.74. The van der Waals surface area contributed by atoms with Crippen molar-refractivity contribution in [3.05, 3.63) is 41.1 Å². The maximum Gasteiger partial charge on any atom is 0.108 e. The Morgan fingerprint density at radius 2 is 2.43 bits per heavy atom. The van der Waals surface area contributed by atoms with Gasteiger partial charge >= 0.3 is 0 Å². The van der Waals surface area contributed by atoms with Crippen LogP contribution in [0.2, 0.25) is 0 Å². The van der Waals surface area contributed by atoms with E-state index in [1.54, 1.807) is 25.5 Å². The lowest BCUT2D eigenvalue weighted by Crippen LogP contribution is -2.00. The maximum atomic E-state index is 10.3. The second kappa shape index (κ2) is 5.11. The van der Waals surface area contributed by atoms with Gasteiger partial charge in [-0.2, -0.15) is 4.91 Å². The van der Waals surface area contributed by atoms with Crippen molar-refractivity contribution in [2.75, 3.05) is 12.4 Å². The molecule has 0 atom stereocenters. The van der Waals surface area contributed by atoms with Crippen molar-refractivity contribution in [1.82, 2.24) is 4.98 Å². The molecule has 0 aliphatic carbocycles. The number of nitroso groups, excluding NO2 is 1. The van der Waals surface area contributed by atoms with E-state index in [1.807, 2.05) is 0 Å². The van der Waals surface area contributed by atoms with E-state index in [9.17, 15) is 4.91 Å². The summed E-state index contributed by atoms with van der Waals surface area (Å²) in [7, 11) is 1.79. The first-order valence-electron chi connectivity index (χ1n) is 4.37. The molecular weight excluding hydrogens is 178 g/mol. The van der Waals surface area contributed by atoms with Crippen LogP contribution < -0.4 is 5.32 Å². The quantitative estimate of drug-likeness (QED) is 0.573. The molecule has 0 saturated carbocycles. The molecule has 74 valence electrons. The van der Waals surface area contributed by atoms with Crippen LogP contribution in [0.15, 0.2) is 30.2 Å². The second-order valence-electron chi connectivity index (χ2n) is 2.85. The van der Waals surface area contributed by atoms with Crippen LogP contribution in [0.5, 0.6) is 0 Å². The second-order valence-corrected chi connectivity index (χ2v) is 2.85. The summed E-state index contributed by atoms with van der Waals surface area (Å²) in [5, 5.41) is 5.89. The van der Waals surface area contributed by atoms with Gasteiger partial charge in [0.15, 0.2) is 0 Å². The Kier molecular flexibility index (Phi) is 3.79. The summed E-state index contributed by atoms with van der Waals surface area (Å²) in [4.78, 5) is 14.3. The smallest absolute Gasteiger partial charge is 0.108 e. The van der Waals surface area contributed by atoms with E-state index in [-0.39, 0.29) is 6.54 Å². The molecule has 0 spiro atoms. The van der Waals surface area contributed by atoms with Crippen molar-refractivity contribution in [1.29, 1.82) is 0 Å². The molecular formula is C10H13N3O. The van der Waals surface area contributed by atoms with Crippen molar-refractivity contribution in [2.45, 2.75) is 13.0 Å². The molecule has 1 aromatic rings. The first-order valence-corrected chi connectivity index (χ1v) is 4.37. The van der Waals surface area contributed by atoms with Crippen molar-refractivity contribution >= 4 is 5.69 Å². The van der Waals surface area contributed by atoms with E-state index in [0.717, 1.165) is 16.8 Å². The third kappa shape index (κ3) is 2.16. The average molecular weight is 191 g/mol. The standard InChI is InChI=1S/C10H13N3O/c1-3-4-8-5-12-7-10(11-2)9(8)6-13-14/h3,5,7,11H,1,4,6H2,2H3. The van der Waals surface area contributed by atoms with Gasteiger partial charge in [0.1, 0.15) is 6.54 Å². The first kappa shape index (κ1) is 10.4. The molecule has 4 heteroatoms. The first-order chi connectivity index (χ1) is 6.83. The Labute approximate surface area is 83.0 Å². The zero-order valence-electron chi connectivity index (χ0n) is 8.16. The number of pyridine rings is 1. The number of allylic oxidation sites excluding steroid dienone is 1. The lowest BCUT2D eigenvalue weighted by atomic mass is 10.1. The summed E-state index contributed by atoms with van der Waals surface area (Å²) in [5.74, 6) is 0. The summed E-state index contributed by atoms with van der Waals surface area (Å²) >= 11 is 0. The lowest BCUT2D eigenvalue weighted by Gasteiger charge is -2.09. The van der Waals surface area contributed by atoms with E-state index in [0.29, 0.717) is 6.42 Å². The summed E-state index contributed by atoms with van der Waals surface area (Å²) < 4.78 is 0. The fraction of sp³-hybridized carbons (Fsp3) is 0.300. The number of hydrogen-bond acceptors (Lipinski definition) is 4. The van der Waals surface area contributed by atoms with Gasteiger partial charge in [-0.1, -0.05) is 11.3 Å². The van der Waals surface area contributed by atoms with E-state index >= 15 is 0 Å². The van der Waals surface area contributed by atoms with Crippen molar-refractivity contribution in [2.24, 2.45) is 5.18 Å². The fourth-order valence-electron chi connectivity index (χ4n) is 1.33. The fourth-order valence-corrected chi connectivity index (χ4v) is 1.33. The predicted octanol–water partition coefficient (Wildman–Crippen LogP) is 2.12. The molecule has 0 fully saturated rings. The molecule has 0 radical (unpaired) electrons. The molecule has 0 bridgehead atoms. The molecule has 0 aliphatic rings. The number of nitrogens with zero attached hydrogens (tertiary/aromatic N) is 2. The van der Waals surface area contributed by atoms with Crippen molar-refractivity contribution in [3.63, 3.8) is 0 Å². The zero-order valence-corrected chi connectivity index (χ0v) is 8.16. The average Bonchev–Trinajstić information content (AvgIpc) is 2.21. The molecule has 0 aliphatic heterocycles. The third-order valence-electron chi connectivity index (χ3n) is 2.00. The summed E-state index contributed by atoms with van der Waals surface area (Å²) in [6.45, 7) is 3.82. The highest BCUT2D eigenvalue weighted by Gasteiger charge is 2.06. The van der Waals surface area contributed by atoms with Gasteiger partial charge < -0.3 is 5.32 Å². The van der Waals surface area contributed by atoms with Gasteiger partial charge in [0.2, 0.25) is 0 Å². The minimum Gasteiger partial charge on any atom is -0.387 e. The van der Waals surface area contributed by atoms with Crippen LogP contribution >= 0.6 is 0 Å². The van der Waals surface area contributed by atoms with E-state index in [4.69, 9.17) is 0 Å². The minimum atomic E-state index is 0.169. The van der Waals surface area contributed by atoms with E-state index in [2.05, 4.69) is 22.1 Å². The Morgan fingerprint density at radius 1 is 1.64 bits per heavy atom. The molecule has 1 rings (SSSR count). The molecule has 0 amide bonds. The Balaban J connectivity index is 3.12. The van der Waals surface area contributed by atoms with Crippen LogP contribution in [-0.4, -0.2) is 12.0 Å². The van der Waals surface area contributed by atoms with Crippen LogP contribution in [0.25, 0.3) is 0 Å². The highest BCUT2D eigenvalue weighted by molar-refractivity contribution is 5.52. The molecule has 0 saturated heterocycles. The number of anilines is 1. The van der Waals surface area contributed by atoms with Crippen LogP contribution in [0.4, 0.5) is 5.69 Å². The van der Waals surface area contributed by atoms with Gasteiger partial charge in [-0.3, -0.25) is 4.98 Å². The summed E-state index contributed by atoms with van der Waals surface area (Å²) in [6, 6.07) is 0. The Hall–Kier alpha value is -1.71. The van der Waals surface area contributed by atoms with Crippen molar-refractivity contribution < 1.29 is 0 Å². The number of hydrogen-bond donors (Lipinski definition) is 1. The Bertz CT molecular complexity index is 336. The predicted molar refractivity (Wildman–Crippen MR) is 57.2 cm³/mol. The monoisotopic (exact) mass is 191 g/mol. The van der Waals surface area contributed by atoms with Gasteiger partial charge in [0.25, 0.3) is 0 Å². The van der Waals surface area contributed by atoms with Gasteiger partial charge in [-0.25, -0.2) is 0 Å². The molecule has 0 unspecified atom stereocenters. The molecule has 4 nitrogen and oxygen atoms in total. The highest BCUT2D eigenvalue weighted by atomic mass is 16.3. The van der Waals surface area contributed by atoms with Crippen LogP contribution in [0, 0.1) is 4.91 Å². The number of aromatic nitrogens is 1. The minimum absolute atomic E-state index is 0.169. The van der Waals surface area contributed by atoms with Gasteiger partial charge in [0, 0.05) is 18.8 Å². The van der Waals surface area contributed by atoms with Crippen molar-refractivity contribution in [3.8, 4) is 0 Å². The third-order valence-corrected chi connectivity index (χ3v) is 2.00. The molecule has 14 heavy (non-hydrogen) atoms. The lowest BCUT2D eigenvalue weighted by molar-refractivity contribution is 1.00. The normalized spacial score (nSPS) is 9.50. The maximum absolute atomic E-state index is 10.3. The summed E-state index contributed by atoms with van der Waals surface area (Å²) in [6.07, 6.45) is 5.91. The molecule has 1 heterocycles. The molecule has 1 aromatic heterocycles. The van der Waals surface area contributed by atoms with Crippen LogP contribution in [0.1, 0.15) is 11.1 Å². The SMILES string of the molecule is C=CCc1cncc(NC)c1CN=O. The molecule has 0 aromatic carbocycles. The van der Waals surface area contributed by atoms with Gasteiger partial charge in [0.05, 0.1) is 11.9 Å². The van der Waals surface area contributed by atoms with E-state index < -0.39 is 0 Å². The molecule has 1 N–H and O–H groups in total. The topological polar surface area (TPSA) is 54.4 Å². The zero-order chi connectivity index (χ0) is 10.4. The van der Waals surface area contributed by atoms with Gasteiger partial charge in [-0.15, -0.1) is 6.58 Å². The Morgan fingerprint density at radius 3 is 3.00 bits per heavy atom. The highest BCUT2D eigenvalue weighted by Crippen LogP contribution is 2.19. The number of nitrogens with one attached hydrogen (secondary N) is 1. The van der Waals surface area contributed by atoms with Crippen LogP contribution in [-0.2, 0) is 13.0 Å². The number of rotatable bonds is 5. The largest absolute Gasteiger partial charge is 0.387 e. The van der Waals surface area contributed by atoms with Crippen LogP contribution in [0.3, 0.4) is 0 Å². The van der Waals surface area contributed by atoms with Gasteiger partial charge in [-0.05, 0) is 12.0 Å².